The van der Waals surface area contributed by atoms with Gasteiger partial charge in [0.1, 0.15) is 6.61 Å². The first-order valence-electron chi connectivity index (χ1n) is 3.76. The fraction of sp³-hybridized carbons (Fsp3) is 0.500. The van der Waals surface area contributed by atoms with Gasteiger partial charge in [0, 0.05) is 11.6 Å². The van der Waals surface area contributed by atoms with Gasteiger partial charge in [0.25, 0.3) is 0 Å². The number of thiophene rings is 1. The molecule has 2 heterocycles. The van der Waals surface area contributed by atoms with E-state index in [1.807, 2.05) is 7.05 Å². The Morgan fingerprint density at radius 1 is 1.67 bits per heavy atom. The van der Waals surface area contributed by atoms with Gasteiger partial charge in [0.05, 0.1) is 0 Å². The second-order valence-electron chi connectivity index (χ2n) is 2.73. The van der Waals surface area contributed by atoms with Crippen molar-refractivity contribution in [3.05, 3.63) is 17.0 Å². The maximum atomic E-state index is 5.52. The quantitative estimate of drug-likeness (QED) is 0.754. The van der Waals surface area contributed by atoms with Crippen LogP contribution >= 0.6 is 23.7 Å². The molecule has 4 heteroatoms. The van der Waals surface area contributed by atoms with Crippen LogP contribution in [0.5, 0.6) is 5.06 Å². The molecule has 1 unspecified atom stereocenters. The second-order valence-corrected chi connectivity index (χ2v) is 3.61. The molecule has 1 aliphatic rings. The molecular formula is C8H12ClNOS. The Morgan fingerprint density at radius 2 is 2.50 bits per heavy atom. The Labute approximate surface area is 82.3 Å². The minimum absolute atomic E-state index is 0. The fourth-order valence-corrected chi connectivity index (χ4v) is 2.08. The lowest BCUT2D eigenvalue weighted by Gasteiger charge is -2.21. The van der Waals surface area contributed by atoms with Crippen LogP contribution in [-0.2, 0) is 6.42 Å². The van der Waals surface area contributed by atoms with Crippen molar-refractivity contribution >= 4 is 23.7 Å². The number of hydrogen-bond acceptors (Lipinski definition) is 3. The van der Waals surface area contributed by atoms with Crippen LogP contribution in [0.1, 0.15) is 5.56 Å². The molecule has 1 atom stereocenters. The van der Waals surface area contributed by atoms with E-state index in [4.69, 9.17) is 4.74 Å². The van der Waals surface area contributed by atoms with Crippen LogP contribution in [0.25, 0.3) is 0 Å². The predicted octanol–water partition coefficient (Wildman–Crippen LogP) is 1.69. The van der Waals surface area contributed by atoms with Crippen LogP contribution in [0.2, 0.25) is 0 Å². The molecule has 0 amide bonds. The van der Waals surface area contributed by atoms with Crippen molar-refractivity contribution in [1.82, 2.24) is 5.32 Å². The minimum atomic E-state index is 0. The van der Waals surface area contributed by atoms with E-state index in [-0.39, 0.29) is 12.4 Å². The number of nitrogens with one attached hydrogen (secondary N) is 1. The van der Waals surface area contributed by atoms with Gasteiger partial charge >= 0.3 is 0 Å². The lowest BCUT2D eigenvalue weighted by atomic mass is 10.1. The van der Waals surface area contributed by atoms with Gasteiger partial charge in [0.2, 0.25) is 0 Å². The third-order valence-corrected chi connectivity index (χ3v) is 2.86. The number of halogens is 1. The van der Waals surface area contributed by atoms with Crippen molar-refractivity contribution in [3.63, 3.8) is 0 Å². The summed E-state index contributed by atoms with van der Waals surface area (Å²) in [5, 5.41) is 6.41. The topological polar surface area (TPSA) is 21.3 Å². The van der Waals surface area contributed by atoms with E-state index in [1.165, 1.54) is 5.56 Å². The van der Waals surface area contributed by atoms with Gasteiger partial charge in [0.15, 0.2) is 5.06 Å². The molecule has 2 rings (SSSR count). The molecule has 68 valence electrons. The molecule has 0 aliphatic carbocycles. The van der Waals surface area contributed by atoms with E-state index in [0.717, 1.165) is 18.1 Å². The Kier molecular flexibility index (Phi) is 3.38. The number of fused-ring (bicyclic) bond motifs is 1. The third kappa shape index (κ3) is 1.73. The molecule has 0 radical (unpaired) electrons. The molecule has 12 heavy (non-hydrogen) atoms. The van der Waals surface area contributed by atoms with Crippen LogP contribution in [0.15, 0.2) is 11.4 Å². The Morgan fingerprint density at radius 3 is 3.25 bits per heavy atom. The van der Waals surface area contributed by atoms with E-state index in [0.29, 0.717) is 6.04 Å². The summed E-state index contributed by atoms with van der Waals surface area (Å²) in [7, 11) is 1.98. The largest absolute Gasteiger partial charge is 0.482 e. The highest BCUT2D eigenvalue weighted by atomic mass is 35.5. The molecule has 0 fully saturated rings. The summed E-state index contributed by atoms with van der Waals surface area (Å²) in [6.45, 7) is 0.810. The average Bonchev–Trinajstić information content (AvgIpc) is 2.50. The van der Waals surface area contributed by atoms with Gasteiger partial charge in [-0.15, -0.1) is 23.7 Å². The smallest absolute Gasteiger partial charge is 0.177 e. The van der Waals surface area contributed by atoms with Gasteiger partial charge < -0.3 is 10.1 Å². The first-order chi connectivity index (χ1) is 5.40. The SMILES string of the molecule is CNC1COc2sccc2C1.Cl. The zero-order chi connectivity index (χ0) is 7.68. The minimum Gasteiger partial charge on any atom is -0.482 e. The highest BCUT2D eigenvalue weighted by molar-refractivity contribution is 7.12. The van der Waals surface area contributed by atoms with Crippen molar-refractivity contribution in [2.75, 3.05) is 13.7 Å². The Bertz CT molecular complexity index is 251. The highest BCUT2D eigenvalue weighted by Gasteiger charge is 2.18. The molecular weight excluding hydrogens is 194 g/mol. The molecule has 1 aromatic heterocycles. The van der Waals surface area contributed by atoms with Crippen LogP contribution in [0.3, 0.4) is 0 Å². The normalized spacial score (nSPS) is 20.6. The molecule has 0 saturated heterocycles. The maximum absolute atomic E-state index is 5.52. The predicted molar refractivity (Wildman–Crippen MR) is 53.6 cm³/mol. The maximum Gasteiger partial charge on any atom is 0.177 e. The zero-order valence-electron chi connectivity index (χ0n) is 6.87. The summed E-state index contributed by atoms with van der Waals surface area (Å²) in [5.74, 6) is 0. The average molecular weight is 206 g/mol. The van der Waals surface area contributed by atoms with Crippen LogP contribution in [-0.4, -0.2) is 19.7 Å². The van der Waals surface area contributed by atoms with E-state index in [9.17, 15) is 0 Å². The third-order valence-electron chi connectivity index (χ3n) is 2.00. The van der Waals surface area contributed by atoms with E-state index < -0.39 is 0 Å². The van der Waals surface area contributed by atoms with Crippen LogP contribution in [0, 0.1) is 0 Å². The fourth-order valence-electron chi connectivity index (χ4n) is 1.29. The zero-order valence-corrected chi connectivity index (χ0v) is 8.50. The Hall–Kier alpha value is -0.250. The summed E-state index contributed by atoms with van der Waals surface area (Å²) in [6, 6.07) is 2.64. The molecule has 1 N–H and O–H groups in total. The van der Waals surface area contributed by atoms with Crippen molar-refractivity contribution in [1.29, 1.82) is 0 Å². The van der Waals surface area contributed by atoms with Crippen LogP contribution in [0.4, 0.5) is 0 Å². The van der Waals surface area contributed by atoms with Crippen molar-refractivity contribution < 1.29 is 4.74 Å². The summed E-state index contributed by atoms with van der Waals surface area (Å²) >= 11 is 1.69. The molecule has 0 bridgehead atoms. The molecule has 0 saturated carbocycles. The van der Waals surface area contributed by atoms with Crippen LogP contribution < -0.4 is 10.1 Å². The van der Waals surface area contributed by atoms with E-state index >= 15 is 0 Å². The monoisotopic (exact) mass is 205 g/mol. The van der Waals surface area contributed by atoms with Gasteiger partial charge in [-0.1, -0.05) is 0 Å². The van der Waals surface area contributed by atoms with Crippen molar-refractivity contribution in [3.8, 4) is 5.06 Å². The van der Waals surface area contributed by atoms with Crippen molar-refractivity contribution in [2.24, 2.45) is 0 Å². The van der Waals surface area contributed by atoms with Gasteiger partial charge in [-0.2, -0.15) is 0 Å². The standard InChI is InChI=1S/C8H11NOS.ClH/c1-9-7-4-6-2-3-11-8(6)10-5-7;/h2-3,7,9H,4-5H2,1H3;1H. The molecule has 0 aromatic carbocycles. The molecule has 1 aromatic rings. The first kappa shape index (κ1) is 9.84. The molecule has 2 nitrogen and oxygen atoms in total. The summed E-state index contributed by atoms with van der Waals surface area (Å²) < 4.78 is 5.52. The van der Waals surface area contributed by atoms with Gasteiger partial charge in [-0.05, 0) is 24.9 Å². The first-order valence-corrected chi connectivity index (χ1v) is 4.64. The lowest BCUT2D eigenvalue weighted by Crippen LogP contribution is -2.36. The number of ether oxygens (including phenoxy) is 1. The lowest BCUT2D eigenvalue weighted by molar-refractivity contribution is 0.253. The Balaban J connectivity index is 0.000000720. The summed E-state index contributed by atoms with van der Waals surface area (Å²) in [5.41, 5.74) is 1.35. The molecule has 0 spiro atoms. The highest BCUT2D eigenvalue weighted by Crippen LogP contribution is 2.30. The van der Waals surface area contributed by atoms with E-state index in [2.05, 4.69) is 16.8 Å². The number of likely N-dealkylation sites (N-methyl/N-ethyl adjacent to an activating group) is 1. The summed E-state index contributed by atoms with van der Waals surface area (Å²) in [6.07, 6.45) is 1.11. The number of rotatable bonds is 1. The second kappa shape index (κ2) is 4.12. The summed E-state index contributed by atoms with van der Waals surface area (Å²) in [4.78, 5) is 0. The van der Waals surface area contributed by atoms with E-state index in [1.54, 1.807) is 11.3 Å². The van der Waals surface area contributed by atoms with Gasteiger partial charge in [-0.3, -0.25) is 0 Å². The van der Waals surface area contributed by atoms with Gasteiger partial charge in [-0.25, -0.2) is 0 Å². The van der Waals surface area contributed by atoms with Crippen molar-refractivity contribution in [2.45, 2.75) is 12.5 Å². The molecule has 1 aliphatic heterocycles. The number of hydrogen-bond donors (Lipinski definition) is 1.